The van der Waals surface area contributed by atoms with Gasteiger partial charge in [0.05, 0.1) is 16.5 Å². The van der Waals surface area contributed by atoms with Gasteiger partial charge in [-0.1, -0.05) is 72.3 Å². The van der Waals surface area contributed by atoms with Gasteiger partial charge in [-0.05, 0) is 67.9 Å². The van der Waals surface area contributed by atoms with Gasteiger partial charge in [0.2, 0.25) is 15.9 Å². The molecular weight excluding hydrogens is 508 g/mol. The molecule has 1 aliphatic rings. The number of ether oxygens (including phenoxy) is 1. The first kappa shape index (κ1) is 27.2. The van der Waals surface area contributed by atoms with Crippen LogP contribution in [0.25, 0.3) is 0 Å². The van der Waals surface area contributed by atoms with E-state index < -0.39 is 16.1 Å². The van der Waals surface area contributed by atoms with Crippen LogP contribution in [0.2, 0.25) is 5.02 Å². The molecule has 37 heavy (non-hydrogen) atoms. The number of hydrogen-bond donors (Lipinski definition) is 1. The lowest BCUT2D eigenvalue weighted by molar-refractivity contribution is -0.134. The number of rotatable bonds is 10. The molecule has 0 saturated carbocycles. The Hall–Kier alpha value is -2.87. The van der Waals surface area contributed by atoms with Crippen LogP contribution in [0.3, 0.4) is 0 Å². The van der Waals surface area contributed by atoms with Gasteiger partial charge >= 0.3 is 0 Å². The monoisotopic (exact) mass is 540 g/mol. The Morgan fingerprint density at radius 2 is 1.62 bits per heavy atom. The van der Waals surface area contributed by atoms with E-state index in [1.54, 1.807) is 4.90 Å². The lowest BCUT2D eigenvalue weighted by Gasteiger charge is -2.34. The zero-order chi connectivity index (χ0) is 26.3. The van der Waals surface area contributed by atoms with Crippen molar-refractivity contribution in [1.82, 2.24) is 9.62 Å². The molecule has 1 amide bonds. The normalized spacial score (nSPS) is 15.4. The first-order valence-corrected chi connectivity index (χ1v) is 14.5. The van der Waals surface area contributed by atoms with Gasteiger partial charge in [0.25, 0.3) is 0 Å². The fourth-order valence-corrected chi connectivity index (χ4v) is 6.25. The quantitative estimate of drug-likeness (QED) is 0.388. The van der Waals surface area contributed by atoms with Crippen molar-refractivity contribution in [2.45, 2.75) is 43.5 Å². The fourth-order valence-electron chi connectivity index (χ4n) is 4.73. The van der Waals surface area contributed by atoms with Crippen LogP contribution in [0, 0.1) is 5.92 Å². The van der Waals surface area contributed by atoms with Gasteiger partial charge in [0, 0.05) is 13.1 Å². The Morgan fingerprint density at radius 3 is 2.22 bits per heavy atom. The Labute approximate surface area is 224 Å². The fraction of sp³-hybridized carbons (Fsp3) is 0.345. The number of nitrogens with zero attached hydrogens (tertiary/aromatic N) is 1. The minimum absolute atomic E-state index is 0.00613. The molecule has 1 fully saturated rings. The largest absolute Gasteiger partial charge is 0.492 e. The van der Waals surface area contributed by atoms with E-state index in [1.807, 2.05) is 55.5 Å². The molecular formula is C29H33ClN2O4S. The van der Waals surface area contributed by atoms with Gasteiger partial charge in [-0.15, -0.1) is 0 Å². The number of hydrogen-bond acceptors (Lipinski definition) is 4. The van der Waals surface area contributed by atoms with E-state index in [2.05, 4.69) is 16.9 Å². The molecule has 1 aliphatic heterocycles. The smallest absolute Gasteiger partial charge is 0.241 e. The van der Waals surface area contributed by atoms with Gasteiger partial charge in [0.1, 0.15) is 11.8 Å². The standard InChI is InChI=1S/C29H33ClN2O4S/c1-2-36-28-14-13-25(21-26(28)30)37(34,35)31-27(20-23-11-7-4-8-12-23)29(33)32-17-15-24(16-18-32)19-22-9-5-3-6-10-22/h3-14,21,24,27,31H,2,15-20H2,1H3. The van der Waals surface area contributed by atoms with Gasteiger partial charge < -0.3 is 9.64 Å². The van der Waals surface area contributed by atoms with Crippen LogP contribution in [0.1, 0.15) is 30.9 Å². The predicted molar refractivity (Wildman–Crippen MR) is 146 cm³/mol. The average molecular weight is 541 g/mol. The maximum absolute atomic E-state index is 13.6. The zero-order valence-electron chi connectivity index (χ0n) is 21.0. The number of carbonyl (C=O) groups is 1. The molecule has 0 bridgehead atoms. The highest BCUT2D eigenvalue weighted by Gasteiger charge is 2.32. The minimum atomic E-state index is -4.01. The Morgan fingerprint density at radius 1 is 1.00 bits per heavy atom. The summed E-state index contributed by atoms with van der Waals surface area (Å²) in [6.07, 6.45) is 3.02. The SMILES string of the molecule is CCOc1ccc(S(=O)(=O)NC(Cc2ccccc2)C(=O)N2CCC(Cc3ccccc3)CC2)cc1Cl. The van der Waals surface area contributed by atoms with Gasteiger partial charge in [-0.2, -0.15) is 4.72 Å². The van der Waals surface area contributed by atoms with Crippen LogP contribution in [0.4, 0.5) is 0 Å². The highest BCUT2D eigenvalue weighted by molar-refractivity contribution is 7.89. The number of piperidine rings is 1. The second kappa shape index (κ2) is 12.6. The number of carbonyl (C=O) groups excluding carboxylic acids is 1. The Bertz CT molecular complexity index is 1280. The van der Waals surface area contributed by atoms with Crippen molar-refractivity contribution in [3.05, 3.63) is 95.0 Å². The highest BCUT2D eigenvalue weighted by Crippen LogP contribution is 2.28. The summed E-state index contributed by atoms with van der Waals surface area (Å²) >= 11 is 6.24. The van der Waals surface area contributed by atoms with Crippen molar-refractivity contribution in [2.75, 3.05) is 19.7 Å². The van der Waals surface area contributed by atoms with E-state index in [-0.39, 0.29) is 22.2 Å². The maximum atomic E-state index is 13.6. The van der Waals surface area contributed by atoms with Crippen molar-refractivity contribution in [3.8, 4) is 5.75 Å². The molecule has 3 aromatic rings. The first-order chi connectivity index (χ1) is 17.9. The molecule has 1 unspecified atom stereocenters. The number of halogens is 1. The molecule has 8 heteroatoms. The van der Waals surface area contributed by atoms with Crippen LogP contribution in [0.15, 0.2) is 83.8 Å². The second-order valence-corrected chi connectivity index (χ2v) is 11.5. The molecule has 1 saturated heterocycles. The van der Waals surface area contributed by atoms with Gasteiger partial charge in [-0.25, -0.2) is 8.42 Å². The van der Waals surface area contributed by atoms with E-state index in [0.717, 1.165) is 24.8 Å². The van der Waals surface area contributed by atoms with E-state index in [1.165, 1.54) is 23.8 Å². The molecule has 0 aromatic heterocycles. The van der Waals surface area contributed by atoms with Crippen molar-refractivity contribution < 1.29 is 17.9 Å². The summed E-state index contributed by atoms with van der Waals surface area (Å²) in [7, 11) is -4.01. The topological polar surface area (TPSA) is 75.7 Å². The van der Waals surface area contributed by atoms with E-state index >= 15 is 0 Å². The number of sulfonamides is 1. The summed E-state index contributed by atoms with van der Waals surface area (Å²) in [6.45, 7) is 3.46. The zero-order valence-corrected chi connectivity index (χ0v) is 22.5. The molecule has 3 aromatic carbocycles. The summed E-state index contributed by atoms with van der Waals surface area (Å²) in [4.78, 5) is 15.4. The molecule has 1 N–H and O–H groups in total. The third kappa shape index (κ3) is 7.34. The molecule has 0 spiro atoms. The third-order valence-corrected chi connectivity index (χ3v) is 8.45. The van der Waals surface area contributed by atoms with E-state index in [0.29, 0.717) is 31.4 Å². The molecule has 1 atom stereocenters. The van der Waals surface area contributed by atoms with Crippen molar-refractivity contribution in [2.24, 2.45) is 5.92 Å². The highest BCUT2D eigenvalue weighted by atomic mass is 35.5. The van der Waals surface area contributed by atoms with E-state index in [4.69, 9.17) is 16.3 Å². The first-order valence-electron chi connectivity index (χ1n) is 12.7. The van der Waals surface area contributed by atoms with Crippen molar-refractivity contribution in [1.29, 1.82) is 0 Å². The lowest BCUT2D eigenvalue weighted by Crippen LogP contribution is -2.51. The predicted octanol–water partition coefficient (Wildman–Crippen LogP) is 5.11. The summed E-state index contributed by atoms with van der Waals surface area (Å²) < 4.78 is 34.7. The number of likely N-dealkylation sites (tertiary alicyclic amines) is 1. The van der Waals surface area contributed by atoms with E-state index in [9.17, 15) is 13.2 Å². The van der Waals surface area contributed by atoms with Crippen LogP contribution in [-0.2, 0) is 27.7 Å². The molecule has 1 heterocycles. The van der Waals surface area contributed by atoms with Crippen LogP contribution in [-0.4, -0.2) is 45.0 Å². The number of amides is 1. The number of benzene rings is 3. The van der Waals surface area contributed by atoms with Crippen LogP contribution in [0.5, 0.6) is 5.75 Å². The molecule has 4 rings (SSSR count). The summed E-state index contributed by atoms with van der Waals surface area (Å²) in [5.74, 6) is 0.711. The lowest BCUT2D eigenvalue weighted by atomic mass is 9.90. The second-order valence-electron chi connectivity index (χ2n) is 9.35. The average Bonchev–Trinajstić information content (AvgIpc) is 2.90. The molecule has 196 valence electrons. The summed E-state index contributed by atoms with van der Waals surface area (Å²) in [5.41, 5.74) is 2.18. The van der Waals surface area contributed by atoms with Gasteiger partial charge in [-0.3, -0.25) is 4.79 Å². The third-order valence-electron chi connectivity index (χ3n) is 6.69. The Kier molecular flexibility index (Phi) is 9.24. The molecule has 0 radical (unpaired) electrons. The molecule has 0 aliphatic carbocycles. The maximum Gasteiger partial charge on any atom is 0.241 e. The Balaban J connectivity index is 1.48. The summed E-state index contributed by atoms with van der Waals surface area (Å²) in [6, 6.07) is 23.2. The van der Waals surface area contributed by atoms with Crippen molar-refractivity contribution in [3.63, 3.8) is 0 Å². The minimum Gasteiger partial charge on any atom is -0.492 e. The molecule has 6 nitrogen and oxygen atoms in total. The summed E-state index contributed by atoms with van der Waals surface area (Å²) in [5, 5.41) is 0.205. The van der Waals surface area contributed by atoms with Gasteiger partial charge in [0.15, 0.2) is 0 Å². The van der Waals surface area contributed by atoms with Crippen LogP contribution >= 0.6 is 11.6 Å². The van der Waals surface area contributed by atoms with Crippen LogP contribution < -0.4 is 9.46 Å². The van der Waals surface area contributed by atoms with Crippen molar-refractivity contribution >= 4 is 27.5 Å². The number of nitrogens with one attached hydrogen (secondary N) is 1.